The van der Waals surface area contributed by atoms with Crippen LogP contribution in [0.15, 0.2) is 36.2 Å². The molecule has 25 heavy (non-hydrogen) atoms. The Morgan fingerprint density at radius 1 is 1.48 bits per heavy atom. The van der Waals surface area contributed by atoms with E-state index in [9.17, 15) is 4.79 Å². The molecule has 2 atom stereocenters. The number of carbonyl (C=O) groups is 1. The Kier molecular flexibility index (Phi) is 5.50. The van der Waals surface area contributed by atoms with Crippen molar-refractivity contribution in [2.45, 2.75) is 32.4 Å². The Morgan fingerprint density at radius 2 is 2.32 bits per heavy atom. The minimum absolute atomic E-state index is 0.0353. The fourth-order valence-corrected chi connectivity index (χ4v) is 2.92. The highest BCUT2D eigenvalue weighted by Crippen LogP contribution is 2.16. The second-order valence-electron chi connectivity index (χ2n) is 6.66. The predicted molar refractivity (Wildman–Crippen MR) is 96.6 cm³/mol. The summed E-state index contributed by atoms with van der Waals surface area (Å²) in [6.45, 7) is 5.77. The van der Waals surface area contributed by atoms with Crippen LogP contribution in [0, 0.1) is 0 Å². The van der Waals surface area contributed by atoms with Crippen molar-refractivity contribution in [1.82, 2.24) is 14.9 Å². The maximum absolute atomic E-state index is 12.6. The van der Waals surface area contributed by atoms with Gasteiger partial charge in [0.15, 0.2) is 0 Å². The Balaban J connectivity index is 1.67. The molecule has 6 heteroatoms. The number of allylic oxidation sites excluding steroid dienone is 1. The summed E-state index contributed by atoms with van der Waals surface area (Å²) in [5.74, 6) is -0.126. The number of fused-ring (bicyclic) bond motifs is 1. The first-order valence-corrected chi connectivity index (χ1v) is 8.59. The van der Waals surface area contributed by atoms with Crippen molar-refractivity contribution in [3.63, 3.8) is 0 Å². The van der Waals surface area contributed by atoms with E-state index in [1.807, 2.05) is 49.7 Å². The van der Waals surface area contributed by atoms with Crippen LogP contribution in [0.1, 0.15) is 30.6 Å². The molecular weight excluding hydrogens is 318 g/mol. The first-order valence-electron chi connectivity index (χ1n) is 8.59. The van der Waals surface area contributed by atoms with E-state index in [1.165, 1.54) is 5.57 Å². The lowest BCUT2D eigenvalue weighted by Gasteiger charge is -2.31. The zero-order valence-electron chi connectivity index (χ0n) is 15.0. The topological polar surface area (TPSA) is 65.4 Å². The van der Waals surface area contributed by atoms with Crippen LogP contribution in [0.3, 0.4) is 0 Å². The van der Waals surface area contributed by atoms with Gasteiger partial charge in [-0.05, 0) is 38.5 Å². The first-order chi connectivity index (χ1) is 12.0. The van der Waals surface area contributed by atoms with Gasteiger partial charge in [-0.2, -0.15) is 0 Å². The van der Waals surface area contributed by atoms with Crippen molar-refractivity contribution < 1.29 is 14.3 Å². The maximum atomic E-state index is 12.6. The second-order valence-corrected chi connectivity index (χ2v) is 6.66. The normalized spacial score (nSPS) is 20.4. The summed E-state index contributed by atoms with van der Waals surface area (Å²) < 4.78 is 13.4. The highest BCUT2D eigenvalue weighted by molar-refractivity contribution is 5.97. The van der Waals surface area contributed by atoms with Crippen LogP contribution in [0.2, 0.25) is 0 Å². The molecule has 1 aromatic heterocycles. The number of rotatable bonds is 5. The van der Waals surface area contributed by atoms with Crippen LogP contribution in [0.25, 0.3) is 11.0 Å². The van der Waals surface area contributed by atoms with Crippen LogP contribution in [0.5, 0.6) is 0 Å². The van der Waals surface area contributed by atoms with Gasteiger partial charge < -0.3 is 19.4 Å². The van der Waals surface area contributed by atoms with Gasteiger partial charge in [-0.1, -0.05) is 11.6 Å². The number of carbonyl (C=O) groups excluding carboxylic acids is 1. The van der Waals surface area contributed by atoms with E-state index in [4.69, 9.17) is 9.47 Å². The number of amides is 1. The van der Waals surface area contributed by atoms with E-state index < -0.39 is 0 Å². The molecule has 0 unspecified atom stereocenters. The molecule has 134 valence electrons. The molecule has 0 aliphatic carbocycles. The van der Waals surface area contributed by atoms with E-state index in [0.717, 1.165) is 17.5 Å². The SMILES string of the molecule is CC(C)=CCO[C@@H]1CCOC[C@@H]1NC(=O)c1ccc2c(c1)ncn2C. The lowest BCUT2D eigenvalue weighted by atomic mass is 10.1. The Morgan fingerprint density at radius 3 is 3.12 bits per heavy atom. The summed E-state index contributed by atoms with van der Waals surface area (Å²) in [6.07, 6.45) is 4.53. The van der Waals surface area contributed by atoms with Gasteiger partial charge in [0.1, 0.15) is 0 Å². The van der Waals surface area contributed by atoms with E-state index in [-0.39, 0.29) is 18.1 Å². The minimum atomic E-state index is -0.147. The number of benzene rings is 1. The predicted octanol–water partition coefficient (Wildman–Crippen LogP) is 2.44. The van der Waals surface area contributed by atoms with Gasteiger partial charge in [-0.25, -0.2) is 4.98 Å². The third-order valence-electron chi connectivity index (χ3n) is 4.40. The van der Waals surface area contributed by atoms with E-state index >= 15 is 0 Å². The Bertz CT molecular complexity index is 777. The number of aromatic nitrogens is 2. The second kappa shape index (κ2) is 7.80. The quantitative estimate of drug-likeness (QED) is 0.847. The van der Waals surface area contributed by atoms with Crippen molar-refractivity contribution in [3.05, 3.63) is 41.7 Å². The highest BCUT2D eigenvalue weighted by atomic mass is 16.5. The van der Waals surface area contributed by atoms with Crippen LogP contribution in [0.4, 0.5) is 0 Å². The van der Waals surface area contributed by atoms with Crippen LogP contribution < -0.4 is 5.32 Å². The lowest BCUT2D eigenvalue weighted by Crippen LogP contribution is -2.50. The molecule has 0 bridgehead atoms. The smallest absolute Gasteiger partial charge is 0.251 e. The highest BCUT2D eigenvalue weighted by Gasteiger charge is 2.28. The average Bonchev–Trinajstić information content (AvgIpc) is 2.96. The summed E-state index contributed by atoms with van der Waals surface area (Å²) >= 11 is 0. The molecular formula is C19H25N3O3. The number of hydrogen-bond acceptors (Lipinski definition) is 4. The fraction of sp³-hybridized carbons (Fsp3) is 0.474. The number of imidazole rings is 1. The monoisotopic (exact) mass is 343 g/mol. The average molecular weight is 343 g/mol. The van der Waals surface area contributed by atoms with Crippen molar-refractivity contribution in [2.24, 2.45) is 7.05 Å². The maximum Gasteiger partial charge on any atom is 0.251 e. The molecule has 1 amide bonds. The summed E-state index contributed by atoms with van der Waals surface area (Å²) in [5, 5.41) is 3.05. The third kappa shape index (κ3) is 4.27. The largest absolute Gasteiger partial charge is 0.379 e. The molecule has 2 heterocycles. The van der Waals surface area contributed by atoms with Crippen LogP contribution in [-0.4, -0.2) is 47.4 Å². The molecule has 1 N–H and O–H groups in total. The molecule has 1 aromatic carbocycles. The Labute approximate surface area is 147 Å². The number of aryl methyl sites for hydroxylation is 1. The zero-order chi connectivity index (χ0) is 17.8. The van der Waals surface area contributed by atoms with E-state index in [0.29, 0.717) is 25.4 Å². The van der Waals surface area contributed by atoms with E-state index in [2.05, 4.69) is 10.3 Å². The van der Waals surface area contributed by atoms with Crippen LogP contribution >= 0.6 is 0 Å². The molecule has 1 saturated heterocycles. The van der Waals surface area contributed by atoms with Gasteiger partial charge in [0.2, 0.25) is 0 Å². The van der Waals surface area contributed by atoms with Crippen molar-refractivity contribution in [2.75, 3.05) is 19.8 Å². The summed E-state index contributed by atoms with van der Waals surface area (Å²) in [4.78, 5) is 16.9. The standard InChI is InChI=1S/C19H25N3O3/c1-13(2)6-9-25-18-7-8-24-11-16(18)21-19(23)14-4-5-17-15(10-14)20-12-22(17)3/h4-6,10,12,16,18H,7-9,11H2,1-3H3,(H,21,23)/t16-,18+/m0/s1. The summed E-state index contributed by atoms with van der Waals surface area (Å²) in [5.41, 5.74) is 3.63. The van der Waals surface area contributed by atoms with Gasteiger partial charge in [-0.15, -0.1) is 0 Å². The molecule has 1 fully saturated rings. The number of hydrogen-bond donors (Lipinski definition) is 1. The molecule has 0 radical (unpaired) electrons. The van der Waals surface area contributed by atoms with Gasteiger partial charge in [0, 0.05) is 19.2 Å². The van der Waals surface area contributed by atoms with Gasteiger partial charge in [-0.3, -0.25) is 4.79 Å². The van der Waals surface area contributed by atoms with Gasteiger partial charge in [0.25, 0.3) is 5.91 Å². The molecule has 0 saturated carbocycles. The Hall–Kier alpha value is -2.18. The van der Waals surface area contributed by atoms with Gasteiger partial charge >= 0.3 is 0 Å². The zero-order valence-corrected chi connectivity index (χ0v) is 15.0. The van der Waals surface area contributed by atoms with Crippen LogP contribution in [-0.2, 0) is 16.5 Å². The van der Waals surface area contributed by atoms with Crippen molar-refractivity contribution >= 4 is 16.9 Å². The van der Waals surface area contributed by atoms with E-state index in [1.54, 1.807) is 6.33 Å². The molecule has 2 aromatic rings. The molecule has 0 spiro atoms. The first kappa shape index (κ1) is 17.6. The minimum Gasteiger partial charge on any atom is -0.379 e. The lowest BCUT2D eigenvalue weighted by molar-refractivity contribution is -0.0457. The molecule has 3 rings (SSSR count). The third-order valence-corrected chi connectivity index (χ3v) is 4.40. The fourth-order valence-electron chi connectivity index (χ4n) is 2.92. The molecule has 6 nitrogen and oxygen atoms in total. The number of nitrogens with zero attached hydrogens (tertiary/aromatic N) is 2. The number of nitrogens with one attached hydrogen (secondary N) is 1. The summed E-state index contributed by atoms with van der Waals surface area (Å²) in [6, 6.07) is 5.40. The van der Waals surface area contributed by atoms with Crippen molar-refractivity contribution in [1.29, 1.82) is 0 Å². The molecule has 1 aliphatic heterocycles. The van der Waals surface area contributed by atoms with Crippen molar-refractivity contribution in [3.8, 4) is 0 Å². The number of ether oxygens (including phenoxy) is 2. The van der Waals surface area contributed by atoms with Gasteiger partial charge in [0.05, 0.1) is 42.7 Å². The molecule has 1 aliphatic rings. The summed E-state index contributed by atoms with van der Waals surface area (Å²) in [7, 11) is 1.93.